The van der Waals surface area contributed by atoms with Crippen LogP contribution in [0.3, 0.4) is 0 Å². The minimum absolute atomic E-state index is 0.305. The van der Waals surface area contributed by atoms with Crippen molar-refractivity contribution in [3.8, 4) is 5.75 Å². The van der Waals surface area contributed by atoms with Crippen LogP contribution in [-0.4, -0.2) is 22.9 Å². The molecule has 19 heavy (non-hydrogen) atoms. The molecule has 0 bridgehead atoms. The van der Waals surface area contributed by atoms with E-state index in [2.05, 4.69) is 5.32 Å². The van der Waals surface area contributed by atoms with Crippen LogP contribution in [0.4, 0.5) is 13.2 Å². The summed E-state index contributed by atoms with van der Waals surface area (Å²) in [4.78, 5) is 11.7. The Morgan fingerprint density at radius 3 is 2.63 bits per heavy atom. The Morgan fingerprint density at radius 2 is 2.05 bits per heavy atom. The number of hydrogen-bond donors (Lipinski definition) is 2. The van der Waals surface area contributed by atoms with Crippen molar-refractivity contribution in [2.24, 2.45) is 0 Å². The molecular weight excluding hydrogens is 283 g/mol. The lowest BCUT2D eigenvalue weighted by atomic mass is 10.1. The molecule has 1 atom stereocenters. The number of aromatic hydroxyl groups is 1. The highest BCUT2D eigenvalue weighted by molar-refractivity contribution is 6.17. The molecule has 0 saturated carbocycles. The van der Waals surface area contributed by atoms with E-state index in [4.69, 9.17) is 16.7 Å². The van der Waals surface area contributed by atoms with E-state index >= 15 is 0 Å². The molecule has 3 nitrogen and oxygen atoms in total. The number of benzene rings is 1. The molecule has 0 fully saturated rings. The average Bonchev–Trinajstić information content (AvgIpc) is 2.37. The summed E-state index contributed by atoms with van der Waals surface area (Å²) in [7, 11) is 0. The minimum Gasteiger partial charge on any atom is -0.503 e. The first kappa shape index (κ1) is 15.6. The summed E-state index contributed by atoms with van der Waals surface area (Å²) in [6, 6.07) is 0.106. The smallest absolute Gasteiger partial charge is 0.254 e. The zero-order chi connectivity index (χ0) is 14.6. The lowest BCUT2D eigenvalue weighted by Crippen LogP contribution is -2.33. The van der Waals surface area contributed by atoms with Crippen molar-refractivity contribution in [2.75, 3.05) is 5.88 Å². The highest BCUT2D eigenvalue weighted by Crippen LogP contribution is 2.25. The van der Waals surface area contributed by atoms with Crippen molar-refractivity contribution in [1.29, 1.82) is 0 Å². The molecule has 0 radical (unpaired) electrons. The third kappa shape index (κ3) is 3.76. The van der Waals surface area contributed by atoms with Crippen LogP contribution in [0.15, 0.2) is 6.07 Å². The first-order chi connectivity index (χ1) is 8.88. The number of nitrogens with one attached hydrogen (secondary N) is 1. The number of hydrogen-bond acceptors (Lipinski definition) is 2. The summed E-state index contributed by atoms with van der Waals surface area (Å²) in [5.74, 6) is -6.70. The molecule has 0 heterocycles. The fourth-order valence-corrected chi connectivity index (χ4v) is 1.67. The van der Waals surface area contributed by atoms with Gasteiger partial charge in [-0.1, -0.05) is 0 Å². The van der Waals surface area contributed by atoms with E-state index in [1.165, 1.54) is 0 Å². The molecule has 0 aliphatic carbocycles. The van der Waals surface area contributed by atoms with Crippen LogP contribution in [0.2, 0.25) is 0 Å². The first-order valence-electron chi connectivity index (χ1n) is 5.61. The van der Waals surface area contributed by atoms with Crippen molar-refractivity contribution in [3.63, 3.8) is 0 Å². The van der Waals surface area contributed by atoms with Gasteiger partial charge in [0.15, 0.2) is 17.4 Å². The lowest BCUT2D eigenvalue weighted by molar-refractivity contribution is 0.0932. The van der Waals surface area contributed by atoms with Crippen molar-refractivity contribution >= 4 is 17.5 Å². The van der Waals surface area contributed by atoms with Gasteiger partial charge in [-0.05, 0) is 25.8 Å². The van der Waals surface area contributed by atoms with Crippen LogP contribution in [0.1, 0.15) is 30.1 Å². The molecule has 1 aromatic rings. The van der Waals surface area contributed by atoms with Crippen LogP contribution in [0.25, 0.3) is 0 Å². The minimum atomic E-state index is -1.72. The lowest BCUT2D eigenvalue weighted by Gasteiger charge is -2.14. The average molecular weight is 296 g/mol. The molecule has 0 aliphatic rings. The number of alkyl halides is 1. The van der Waals surface area contributed by atoms with Gasteiger partial charge in [-0.2, -0.15) is 4.39 Å². The second-order valence-corrected chi connectivity index (χ2v) is 4.47. The summed E-state index contributed by atoms with van der Waals surface area (Å²) >= 11 is 5.49. The molecule has 1 amide bonds. The zero-order valence-corrected chi connectivity index (χ0v) is 10.9. The van der Waals surface area contributed by atoms with Gasteiger partial charge in [-0.25, -0.2) is 8.78 Å². The largest absolute Gasteiger partial charge is 0.503 e. The maximum absolute atomic E-state index is 13.5. The van der Waals surface area contributed by atoms with Gasteiger partial charge in [0.25, 0.3) is 5.91 Å². The van der Waals surface area contributed by atoms with E-state index in [0.29, 0.717) is 24.8 Å². The number of halogens is 4. The highest BCUT2D eigenvalue weighted by atomic mass is 35.5. The number of amides is 1. The number of carbonyl (C=O) groups excluding carboxylic acids is 1. The quantitative estimate of drug-likeness (QED) is 0.648. The van der Waals surface area contributed by atoms with Crippen LogP contribution in [-0.2, 0) is 0 Å². The second-order valence-electron chi connectivity index (χ2n) is 4.09. The molecule has 1 aromatic carbocycles. The van der Waals surface area contributed by atoms with E-state index in [0.717, 1.165) is 0 Å². The standard InChI is InChI=1S/C12H13ClF3NO2/c1-6(3-2-4-13)17-12(19)7-5-8(14)10(16)11(18)9(7)15/h5-6,18H,2-4H2,1H3,(H,17,19). The summed E-state index contributed by atoms with van der Waals surface area (Å²) < 4.78 is 39.3. The predicted octanol–water partition coefficient (Wildman–Crippen LogP) is 2.95. The van der Waals surface area contributed by atoms with E-state index in [1.807, 2.05) is 0 Å². The molecule has 1 unspecified atom stereocenters. The molecule has 0 spiro atoms. The van der Waals surface area contributed by atoms with Gasteiger partial charge in [-0.3, -0.25) is 4.79 Å². The summed E-state index contributed by atoms with van der Waals surface area (Å²) in [5, 5.41) is 11.4. The predicted molar refractivity (Wildman–Crippen MR) is 64.9 cm³/mol. The van der Waals surface area contributed by atoms with Gasteiger partial charge in [0.2, 0.25) is 5.82 Å². The topological polar surface area (TPSA) is 49.3 Å². The van der Waals surface area contributed by atoms with Gasteiger partial charge in [-0.15, -0.1) is 11.6 Å². The monoisotopic (exact) mass is 295 g/mol. The van der Waals surface area contributed by atoms with Crippen molar-refractivity contribution in [3.05, 3.63) is 29.1 Å². The van der Waals surface area contributed by atoms with Crippen LogP contribution >= 0.6 is 11.6 Å². The van der Waals surface area contributed by atoms with E-state index in [1.54, 1.807) is 6.92 Å². The first-order valence-corrected chi connectivity index (χ1v) is 6.15. The second kappa shape index (κ2) is 6.65. The summed E-state index contributed by atoms with van der Waals surface area (Å²) in [5.41, 5.74) is -0.742. The number of carbonyl (C=O) groups is 1. The highest BCUT2D eigenvalue weighted by Gasteiger charge is 2.23. The summed E-state index contributed by atoms with van der Waals surface area (Å²) in [6.45, 7) is 1.67. The molecular formula is C12H13ClF3NO2. The molecule has 2 N–H and O–H groups in total. The van der Waals surface area contributed by atoms with Crippen LogP contribution in [0, 0.1) is 17.5 Å². The van der Waals surface area contributed by atoms with Crippen molar-refractivity contribution < 1.29 is 23.1 Å². The van der Waals surface area contributed by atoms with Crippen molar-refractivity contribution in [2.45, 2.75) is 25.8 Å². The van der Waals surface area contributed by atoms with Gasteiger partial charge in [0.1, 0.15) is 0 Å². The van der Waals surface area contributed by atoms with Gasteiger partial charge >= 0.3 is 0 Å². The fourth-order valence-electron chi connectivity index (χ4n) is 1.51. The van der Waals surface area contributed by atoms with E-state index < -0.39 is 34.7 Å². The SMILES string of the molecule is CC(CCCCl)NC(=O)c1cc(F)c(F)c(O)c1F. The Bertz CT molecular complexity index is 483. The zero-order valence-electron chi connectivity index (χ0n) is 10.1. The van der Waals surface area contributed by atoms with Gasteiger partial charge in [0.05, 0.1) is 5.56 Å². The number of phenols is 1. The summed E-state index contributed by atoms with van der Waals surface area (Å²) in [6.07, 6.45) is 1.21. The van der Waals surface area contributed by atoms with E-state index in [-0.39, 0.29) is 6.04 Å². The Hall–Kier alpha value is -1.43. The van der Waals surface area contributed by atoms with E-state index in [9.17, 15) is 18.0 Å². The maximum Gasteiger partial charge on any atom is 0.254 e. The number of rotatable bonds is 5. The van der Waals surface area contributed by atoms with Crippen molar-refractivity contribution in [1.82, 2.24) is 5.32 Å². The molecule has 0 aliphatic heterocycles. The normalized spacial score (nSPS) is 12.3. The van der Waals surface area contributed by atoms with Crippen LogP contribution < -0.4 is 5.32 Å². The third-order valence-corrected chi connectivity index (χ3v) is 2.79. The van der Waals surface area contributed by atoms with Gasteiger partial charge < -0.3 is 10.4 Å². The molecule has 106 valence electrons. The maximum atomic E-state index is 13.5. The van der Waals surface area contributed by atoms with Crippen LogP contribution in [0.5, 0.6) is 5.75 Å². The molecule has 0 saturated heterocycles. The fraction of sp³-hybridized carbons (Fsp3) is 0.417. The Labute approximate surface area is 113 Å². The van der Waals surface area contributed by atoms with Gasteiger partial charge in [0, 0.05) is 11.9 Å². The molecule has 1 rings (SSSR count). The Kier molecular flexibility index (Phi) is 5.47. The third-order valence-electron chi connectivity index (χ3n) is 2.53. The molecule has 7 heteroatoms. The molecule has 0 aromatic heterocycles. The Balaban J connectivity index is 2.89. The Morgan fingerprint density at radius 1 is 1.42 bits per heavy atom. The number of phenolic OH excluding ortho intramolecular Hbond substituents is 1.